The molecule has 3 nitrogen and oxygen atoms in total. The van der Waals surface area contributed by atoms with E-state index in [4.69, 9.17) is 26.8 Å². The monoisotopic (exact) mass is 355 g/mol. The van der Waals surface area contributed by atoms with Crippen LogP contribution in [0.3, 0.4) is 0 Å². The van der Waals surface area contributed by atoms with Crippen molar-refractivity contribution in [3.05, 3.63) is 57.5 Å². The fourth-order valence-corrected chi connectivity index (χ4v) is 2.29. The number of benzene rings is 2. The standard InChI is InChI=1S/C15H15BrClNO2/c1-19-12-5-2-10(3-6-12)15(9-18)20-14-8-11(16)4-7-13(14)17/h2-8,15H,9,18H2,1H3. The molecule has 0 aliphatic carbocycles. The average molecular weight is 357 g/mol. The molecule has 106 valence electrons. The van der Waals surface area contributed by atoms with Gasteiger partial charge in [-0.3, -0.25) is 0 Å². The molecular weight excluding hydrogens is 342 g/mol. The van der Waals surface area contributed by atoms with Crippen LogP contribution in [0.25, 0.3) is 0 Å². The zero-order valence-electron chi connectivity index (χ0n) is 11.0. The first-order chi connectivity index (χ1) is 9.63. The van der Waals surface area contributed by atoms with Crippen molar-refractivity contribution >= 4 is 27.5 Å². The first-order valence-electron chi connectivity index (χ1n) is 6.09. The van der Waals surface area contributed by atoms with E-state index in [0.29, 0.717) is 17.3 Å². The summed E-state index contributed by atoms with van der Waals surface area (Å²) in [6, 6.07) is 13.1. The highest BCUT2D eigenvalue weighted by Gasteiger charge is 2.14. The molecule has 0 saturated carbocycles. The molecular formula is C15H15BrClNO2. The number of ether oxygens (including phenoxy) is 2. The minimum Gasteiger partial charge on any atom is -0.497 e. The van der Waals surface area contributed by atoms with Crippen LogP contribution in [0.5, 0.6) is 11.5 Å². The molecule has 2 rings (SSSR count). The second-order valence-electron chi connectivity index (χ2n) is 4.19. The minimum absolute atomic E-state index is 0.257. The molecule has 2 aromatic carbocycles. The second kappa shape index (κ2) is 6.97. The Hall–Kier alpha value is -1.23. The Bertz CT molecular complexity index is 575. The van der Waals surface area contributed by atoms with Crippen molar-refractivity contribution in [2.24, 2.45) is 5.73 Å². The molecule has 0 bridgehead atoms. The molecule has 0 spiro atoms. The SMILES string of the molecule is COc1ccc(C(CN)Oc2cc(Br)ccc2Cl)cc1. The van der Waals surface area contributed by atoms with Crippen LogP contribution in [0.1, 0.15) is 11.7 Å². The summed E-state index contributed by atoms with van der Waals surface area (Å²) in [4.78, 5) is 0. The first-order valence-corrected chi connectivity index (χ1v) is 7.27. The van der Waals surface area contributed by atoms with Crippen molar-refractivity contribution in [2.75, 3.05) is 13.7 Å². The van der Waals surface area contributed by atoms with Crippen LogP contribution in [0, 0.1) is 0 Å². The molecule has 0 heterocycles. The molecule has 0 aliphatic heterocycles. The summed E-state index contributed by atoms with van der Waals surface area (Å²) in [7, 11) is 1.63. The third-order valence-corrected chi connectivity index (χ3v) is 3.67. The van der Waals surface area contributed by atoms with E-state index in [1.165, 1.54) is 0 Å². The van der Waals surface area contributed by atoms with Gasteiger partial charge in [-0.25, -0.2) is 0 Å². The summed E-state index contributed by atoms with van der Waals surface area (Å²) in [5, 5.41) is 0.556. The number of hydrogen-bond acceptors (Lipinski definition) is 3. The quantitative estimate of drug-likeness (QED) is 0.873. The van der Waals surface area contributed by atoms with Gasteiger partial charge < -0.3 is 15.2 Å². The lowest BCUT2D eigenvalue weighted by atomic mass is 10.1. The Labute approximate surface area is 131 Å². The average Bonchev–Trinajstić information content (AvgIpc) is 2.48. The first kappa shape index (κ1) is 15.2. The summed E-state index contributed by atoms with van der Waals surface area (Å²) in [6.45, 7) is 0.356. The smallest absolute Gasteiger partial charge is 0.140 e. The summed E-state index contributed by atoms with van der Waals surface area (Å²) < 4.78 is 11.9. The lowest BCUT2D eigenvalue weighted by molar-refractivity contribution is 0.214. The molecule has 0 aliphatic rings. The molecule has 2 N–H and O–H groups in total. The van der Waals surface area contributed by atoms with Crippen LogP contribution in [-0.4, -0.2) is 13.7 Å². The molecule has 2 aromatic rings. The molecule has 0 amide bonds. The maximum atomic E-state index is 6.13. The van der Waals surface area contributed by atoms with Crippen LogP contribution in [0.4, 0.5) is 0 Å². The van der Waals surface area contributed by atoms with Gasteiger partial charge in [0.25, 0.3) is 0 Å². The number of nitrogens with two attached hydrogens (primary N) is 1. The minimum atomic E-state index is -0.257. The van der Waals surface area contributed by atoms with E-state index in [1.54, 1.807) is 13.2 Å². The maximum Gasteiger partial charge on any atom is 0.140 e. The number of rotatable bonds is 5. The van der Waals surface area contributed by atoms with Crippen LogP contribution >= 0.6 is 27.5 Å². The normalized spacial score (nSPS) is 12.0. The van der Waals surface area contributed by atoms with E-state index in [9.17, 15) is 0 Å². The summed E-state index contributed by atoms with van der Waals surface area (Å²) >= 11 is 9.52. The lowest BCUT2D eigenvalue weighted by Crippen LogP contribution is -2.18. The lowest BCUT2D eigenvalue weighted by Gasteiger charge is -2.19. The Balaban J connectivity index is 2.21. The van der Waals surface area contributed by atoms with Crippen molar-refractivity contribution in [1.82, 2.24) is 0 Å². The Morgan fingerprint density at radius 3 is 2.50 bits per heavy atom. The zero-order chi connectivity index (χ0) is 14.5. The predicted molar refractivity (Wildman–Crippen MR) is 84.6 cm³/mol. The fraction of sp³-hybridized carbons (Fsp3) is 0.200. The zero-order valence-corrected chi connectivity index (χ0v) is 13.3. The molecule has 20 heavy (non-hydrogen) atoms. The fourth-order valence-electron chi connectivity index (χ4n) is 1.79. The van der Waals surface area contributed by atoms with Gasteiger partial charge in [0.1, 0.15) is 17.6 Å². The van der Waals surface area contributed by atoms with E-state index < -0.39 is 0 Å². The third kappa shape index (κ3) is 3.66. The maximum absolute atomic E-state index is 6.13. The van der Waals surface area contributed by atoms with Gasteiger partial charge in [-0.2, -0.15) is 0 Å². The van der Waals surface area contributed by atoms with Gasteiger partial charge in [-0.15, -0.1) is 0 Å². The topological polar surface area (TPSA) is 44.5 Å². The van der Waals surface area contributed by atoms with Crippen LogP contribution in [-0.2, 0) is 0 Å². The van der Waals surface area contributed by atoms with Crippen molar-refractivity contribution < 1.29 is 9.47 Å². The highest BCUT2D eigenvalue weighted by Crippen LogP contribution is 2.31. The van der Waals surface area contributed by atoms with Gasteiger partial charge in [-0.05, 0) is 35.9 Å². The van der Waals surface area contributed by atoms with Crippen molar-refractivity contribution in [3.63, 3.8) is 0 Å². The molecule has 5 heteroatoms. The second-order valence-corrected chi connectivity index (χ2v) is 5.51. The van der Waals surface area contributed by atoms with Gasteiger partial charge in [0.2, 0.25) is 0 Å². The van der Waals surface area contributed by atoms with Crippen LogP contribution in [0.15, 0.2) is 46.9 Å². The molecule has 0 saturated heterocycles. The number of halogens is 2. The Kier molecular flexibility index (Phi) is 5.29. The van der Waals surface area contributed by atoms with Gasteiger partial charge in [0.15, 0.2) is 0 Å². The third-order valence-electron chi connectivity index (χ3n) is 2.86. The number of methoxy groups -OCH3 is 1. The molecule has 1 atom stereocenters. The van der Waals surface area contributed by atoms with Crippen LogP contribution in [0.2, 0.25) is 5.02 Å². The summed E-state index contributed by atoms with van der Waals surface area (Å²) in [6.07, 6.45) is -0.257. The summed E-state index contributed by atoms with van der Waals surface area (Å²) in [5.74, 6) is 1.40. The van der Waals surface area contributed by atoms with Gasteiger partial charge in [0.05, 0.1) is 12.1 Å². The van der Waals surface area contributed by atoms with E-state index in [-0.39, 0.29) is 6.10 Å². The van der Waals surface area contributed by atoms with Crippen molar-refractivity contribution in [2.45, 2.75) is 6.10 Å². The molecule has 1 unspecified atom stereocenters. The van der Waals surface area contributed by atoms with E-state index in [0.717, 1.165) is 15.8 Å². The van der Waals surface area contributed by atoms with E-state index in [1.807, 2.05) is 36.4 Å². The Morgan fingerprint density at radius 2 is 1.90 bits per heavy atom. The van der Waals surface area contributed by atoms with Crippen molar-refractivity contribution in [1.29, 1.82) is 0 Å². The summed E-state index contributed by atoms with van der Waals surface area (Å²) in [5.41, 5.74) is 6.78. The Morgan fingerprint density at radius 1 is 1.20 bits per heavy atom. The van der Waals surface area contributed by atoms with Crippen LogP contribution < -0.4 is 15.2 Å². The van der Waals surface area contributed by atoms with E-state index >= 15 is 0 Å². The largest absolute Gasteiger partial charge is 0.497 e. The molecule has 0 aromatic heterocycles. The molecule has 0 radical (unpaired) electrons. The highest BCUT2D eigenvalue weighted by molar-refractivity contribution is 9.10. The van der Waals surface area contributed by atoms with E-state index in [2.05, 4.69) is 15.9 Å². The predicted octanol–water partition coefficient (Wildman–Crippen LogP) is 4.19. The van der Waals surface area contributed by atoms with Gasteiger partial charge in [-0.1, -0.05) is 39.7 Å². The van der Waals surface area contributed by atoms with Crippen molar-refractivity contribution in [3.8, 4) is 11.5 Å². The highest BCUT2D eigenvalue weighted by atomic mass is 79.9. The molecule has 0 fully saturated rings. The number of hydrogen-bond donors (Lipinski definition) is 1. The van der Waals surface area contributed by atoms with Gasteiger partial charge >= 0.3 is 0 Å². The van der Waals surface area contributed by atoms with Gasteiger partial charge in [0, 0.05) is 11.0 Å².